The highest BCUT2D eigenvalue weighted by molar-refractivity contribution is 9.10. The Morgan fingerprint density at radius 2 is 1.78 bits per heavy atom. The van der Waals surface area contributed by atoms with Crippen molar-refractivity contribution in [1.82, 2.24) is 10.2 Å². The van der Waals surface area contributed by atoms with Crippen LogP contribution in [0, 0.1) is 6.92 Å². The Balaban J connectivity index is 1.70. The summed E-state index contributed by atoms with van der Waals surface area (Å²) in [7, 11) is 0. The van der Waals surface area contributed by atoms with Crippen molar-refractivity contribution in [3.63, 3.8) is 0 Å². The minimum Gasteiger partial charge on any atom is -0.484 e. The van der Waals surface area contributed by atoms with E-state index in [0.717, 1.165) is 45.8 Å². The maximum atomic E-state index is 13.2. The number of nitrogens with one attached hydrogen (secondary N) is 1. The highest BCUT2D eigenvalue weighted by Gasteiger charge is 2.28. The average molecular weight is 566 g/mol. The Morgan fingerprint density at radius 1 is 1.09 bits per heavy atom. The normalized spacial score (nSPS) is 15.1. The monoisotopic (exact) mass is 564 g/mol. The Bertz CT molecular complexity index is 927. The number of amides is 2. The number of aryl methyl sites for hydroxylation is 1. The van der Waals surface area contributed by atoms with Gasteiger partial charge in [0.1, 0.15) is 11.8 Å². The molecule has 1 saturated carbocycles. The lowest BCUT2D eigenvalue weighted by Gasteiger charge is -2.31. The van der Waals surface area contributed by atoms with Crippen molar-refractivity contribution in [2.45, 2.75) is 64.6 Å². The summed E-state index contributed by atoms with van der Waals surface area (Å²) >= 11 is 6.91. The SMILES string of the molecule is Cc1cc(OCC(=O)N(Cc2ccc(Br)cc2)C(C)C(=O)NC2CCCCC2)ccc1Br. The van der Waals surface area contributed by atoms with E-state index in [1.54, 1.807) is 11.8 Å². The lowest BCUT2D eigenvalue weighted by atomic mass is 9.95. The zero-order chi connectivity index (χ0) is 23.1. The van der Waals surface area contributed by atoms with Crippen LogP contribution >= 0.6 is 31.9 Å². The van der Waals surface area contributed by atoms with Crippen LogP contribution in [0.4, 0.5) is 0 Å². The molecule has 0 spiro atoms. The molecule has 1 atom stereocenters. The van der Waals surface area contributed by atoms with Crippen LogP contribution in [-0.4, -0.2) is 35.4 Å². The molecule has 0 radical (unpaired) electrons. The van der Waals surface area contributed by atoms with Crippen molar-refractivity contribution < 1.29 is 14.3 Å². The molecule has 32 heavy (non-hydrogen) atoms. The minimum absolute atomic E-state index is 0.109. The molecular formula is C25H30Br2N2O3. The number of rotatable bonds is 8. The maximum absolute atomic E-state index is 13.2. The Hall–Kier alpha value is -1.86. The zero-order valence-electron chi connectivity index (χ0n) is 18.6. The van der Waals surface area contributed by atoms with E-state index >= 15 is 0 Å². The van der Waals surface area contributed by atoms with Crippen molar-refractivity contribution in [3.05, 3.63) is 62.5 Å². The number of benzene rings is 2. The maximum Gasteiger partial charge on any atom is 0.261 e. The first-order chi connectivity index (χ1) is 15.3. The van der Waals surface area contributed by atoms with Crippen molar-refractivity contribution >= 4 is 43.7 Å². The quantitative estimate of drug-likeness (QED) is 0.442. The van der Waals surface area contributed by atoms with Gasteiger partial charge in [0, 0.05) is 21.5 Å². The van der Waals surface area contributed by atoms with Crippen LogP contribution in [0.2, 0.25) is 0 Å². The van der Waals surface area contributed by atoms with Crippen molar-refractivity contribution in [1.29, 1.82) is 0 Å². The fourth-order valence-corrected chi connectivity index (χ4v) is 4.38. The largest absolute Gasteiger partial charge is 0.484 e. The van der Waals surface area contributed by atoms with Gasteiger partial charge < -0.3 is 15.0 Å². The summed E-state index contributed by atoms with van der Waals surface area (Å²) in [5.41, 5.74) is 1.99. The molecule has 1 N–H and O–H groups in total. The van der Waals surface area contributed by atoms with E-state index in [-0.39, 0.29) is 24.5 Å². The molecule has 2 aromatic carbocycles. The molecule has 0 aliphatic heterocycles. The summed E-state index contributed by atoms with van der Waals surface area (Å²) in [5, 5.41) is 3.15. The number of carbonyl (C=O) groups excluding carboxylic acids is 2. The van der Waals surface area contributed by atoms with Crippen LogP contribution in [0.3, 0.4) is 0 Å². The van der Waals surface area contributed by atoms with E-state index in [4.69, 9.17) is 4.74 Å². The molecule has 0 bridgehead atoms. The predicted molar refractivity (Wildman–Crippen MR) is 134 cm³/mol. The number of hydrogen-bond donors (Lipinski definition) is 1. The van der Waals surface area contributed by atoms with E-state index in [1.807, 2.05) is 49.4 Å². The van der Waals surface area contributed by atoms with Gasteiger partial charge in [0.25, 0.3) is 5.91 Å². The summed E-state index contributed by atoms with van der Waals surface area (Å²) < 4.78 is 7.73. The van der Waals surface area contributed by atoms with E-state index in [1.165, 1.54) is 6.42 Å². The predicted octanol–water partition coefficient (Wildman–Crippen LogP) is 5.77. The smallest absolute Gasteiger partial charge is 0.261 e. The number of hydrogen-bond acceptors (Lipinski definition) is 3. The summed E-state index contributed by atoms with van der Waals surface area (Å²) in [4.78, 5) is 27.8. The van der Waals surface area contributed by atoms with Crippen LogP contribution in [0.15, 0.2) is 51.4 Å². The molecule has 1 aliphatic rings. The summed E-state index contributed by atoms with van der Waals surface area (Å²) in [6.07, 6.45) is 5.52. The van der Waals surface area contributed by atoms with Gasteiger partial charge in [-0.25, -0.2) is 0 Å². The van der Waals surface area contributed by atoms with E-state index in [0.29, 0.717) is 12.3 Å². The molecule has 2 aromatic rings. The van der Waals surface area contributed by atoms with Gasteiger partial charge in [-0.1, -0.05) is 63.3 Å². The molecule has 1 unspecified atom stereocenters. The third-order valence-electron chi connectivity index (χ3n) is 5.88. The summed E-state index contributed by atoms with van der Waals surface area (Å²) in [5.74, 6) is 0.295. The highest BCUT2D eigenvalue weighted by Crippen LogP contribution is 2.22. The minimum atomic E-state index is -0.594. The lowest BCUT2D eigenvalue weighted by molar-refractivity contribution is -0.142. The third-order valence-corrected chi connectivity index (χ3v) is 7.30. The van der Waals surface area contributed by atoms with Crippen LogP contribution < -0.4 is 10.1 Å². The van der Waals surface area contributed by atoms with Crippen molar-refractivity contribution in [2.24, 2.45) is 0 Å². The van der Waals surface area contributed by atoms with Crippen molar-refractivity contribution in [2.75, 3.05) is 6.61 Å². The highest BCUT2D eigenvalue weighted by atomic mass is 79.9. The van der Waals surface area contributed by atoms with Gasteiger partial charge in [0.2, 0.25) is 5.91 Å². The molecular weight excluding hydrogens is 536 g/mol. The molecule has 7 heteroatoms. The fourth-order valence-electron chi connectivity index (χ4n) is 3.87. The molecule has 0 saturated heterocycles. The molecule has 0 heterocycles. The molecule has 2 amide bonds. The number of nitrogens with zero attached hydrogens (tertiary/aromatic N) is 1. The van der Waals surface area contributed by atoms with Crippen LogP contribution in [0.5, 0.6) is 5.75 Å². The molecule has 172 valence electrons. The second-order valence-electron chi connectivity index (χ2n) is 8.37. The topological polar surface area (TPSA) is 58.6 Å². The van der Waals surface area contributed by atoms with E-state index < -0.39 is 6.04 Å². The standard InChI is InChI=1S/C25H30Br2N2O3/c1-17-14-22(12-13-23(17)27)32-16-24(30)29(15-19-8-10-20(26)11-9-19)18(2)25(31)28-21-6-4-3-5-7-21/h8-14,18,21H,3-7,15-16H2,1-2H3,(H,28,31). The molecule has 0 aromatic heterocycles. The molecule has 1 aliphatic carbocycles. The number of ether oxygens (including phenoxy) is 1. The summed E-state index contributed by atoms with van der Waals surface area (Å²) in [6.45, 7) is 3.97. The molecule has 5 nitrogen and oxygen atoms in total. The van der Waals surface area contributed by atoms with Gasteiger partial charge in [-0.3, -0.25) is 9.59 Å². The third kappa shape index (κ3) is 7.07. The molecule has 3 rings (SSSR count). The lowest BCUT2D eigenvalue weighted by Crippen LogP contribution is -2.51. The zero-order valence-corrected chi connectivity index (χ0v) is 21.7. The Morgan fingerprint density at radius 3 is 2.44 bits per heavy atom. The first-order valence-electron chi connectivity index (χ1n) is 11.1. The second-order valence-corrected chi connectivity index (χ2v) is 10.1. The van der Waals surface area contributed by atoms with Crippen LogP contribution in [-0.2, 0) is 16.1 Å². The average Bonchev–Trinajstić information content (AvgIpc) is 2.79. The second kappa shape index (κ2) is 11.8. The number of halogens is 2. The number of carbonyl (C=O) groups is 2. The van der Waals surface area contributed by atoms with Crippen LogP contribution in [0.25, 0.3) is 0 Å². The first-order valence-corrected chi connectivity index (χ1v) is 12.7. The first kappa shape index (κ1) is 24.8. The van der Waals surface area contributed by atoms with Crippen LogP contribution in [0.1, 0.15) is 50.2 Å². The van der Waals surface area contributed by atoms with Gasteiger partial charge in [0.15, 0.2) is 6.61 Å². The fraction of sp³-hybridized carbons (Fsp3) is 0.440. The van der Waals surface area contributed by atoms with Gasteiger partial charge in [-0.15, -0.1) is 0 Å². The van der Waals surface area contributed by atoms with E-state index in [9.17, 15) is 9.59 Å². The van der Waals surface area contributed by atoms with Gasteiger partial charge in [-0.05, 0) is 68.1 Å². The van der Waals surface area contributed by atoms with E-state index in [2.05, 4.69) is 37.2 Å². The Labute approximate surface area is 207 Å². The summed E-state index contributed by atoms with van der Waals surface area (Å²) in [6, 6.07) is 13.0. The van der Waals surface area contributed by atoms with Gasteiger partial charge in [-0.2, -0.15) is 0 Å². The molecule has 1 fully saturated rings. The van der Waals surface area contributed by atoms with Gasteiger partial charge in [0.05, 0.1) is 0 Å². The van der Waals surface area contributed by atoms with Crippen molar-refractivity contribution in [3.8, 4) is 5.75 Å². The van der Waals surface area contributed by atoms with Gasteiger partial charge >= 0.3 is 0 Å². The Kier molecular flexibility index (Phi) is 9.17.